The van der Waals surface area contributed by atoms with Gasteiger partial charge in [-0.2, -0.15) is 0 Å². The lowest BCUT2D eigenvalue weighted by atomic mass is 10.1. The summed E-state index contributed by atoms with van der Waals surface area (Å²) in [5.74, 6) is 0.327. The van der Waals surface area contributed by atoms with E-state index < -0.39 is 0 Å². The van der Waals surface area contributed by atoms with Crippen LogP contribution in [0.25, 0.3) is 10.9 Å². The molecule has 0 bridgehead atoms. The Bertz CT molecular complexity index is 506. The van der Waals surface area contributed by atoms with Gasteiger partial charge in [0.25, 0.3) is 0 Å². The fourth-order valence-electron chi connectivity index (χ4n) is 1.63. The molecule has 0 unspecified atom stereocenters. The molecule has 0 amide bonds. The van der Waals surface area contributed by atoms with E-state index in [1.165, 1.54) is 0 Å². The van der Waals surface area contributed by atoms with Crippen LogP contribution in [0.2, 0.25) is 5.02 Å². The van der Waals surface area contributed by atoms with Crippen LogP contribution in [0.15, 0.2) is 24.3 Å². The van der Waals surface area contributed by atoms with Crippen LogP contribution in [-0.4, -0.2) is 4.98 Å². The highest BCUT2D eigenvalue weighted by molar-refractivity contribution is 6.31. The smallest absolute Gasteiger partial charge is 0.0721 e. The summed E-state index contributed by atoms with van der Waals surface area (Å²) >= 11 is 5.92. The molecule has 0 aliphatic rings. The zero-order chi connectivity index (χ0) is 11.0. The largest absolute Gasteiger partial charge is 0.397 e. The lowest BCUT2D eigenvalue weighted by Gasteiger charge is -2.09. The van der Waals surface area contributed by atoms with Crippen molar-refractivity contribution in [3.8, 4) is 0 Å². The number of halogens is 1. The Hall–Kier alpha value is -1.28. The monoisotopic (exact) mass is 220 g/mol. The van der Waals surface area contributed by atoms with E-state index in [2.05, 4.69) is 18.8 Å². The van der Waals surface area contributed by atoms with Crippen molar-refractivity contribution in [2.24, 2.45) is 0 Å². The zero-order valence-corrected chi connectivity index (χ0v) is 9.55. The molecule has 1 heterocycles. The van der Waals surface area contributed by atoms with Crippen molar-refractivity contribution < 1.29 is 0 Å². The van der Waals surface area contributed by atoms with E-state index in [0.29, 0.717) is 10.9 Å². The minimum absolute atomic E-state index is 0.327. The van der Waals surface area contributed by atoms with Crippen LogP contribution in [0, 0.1) is 0 Å². The minimum Gasteiger partial charge on any atom is -0.397 e. The lowest BCUT2D eigenvalue weighted by Crippen LogP contribution is -2.00. The first-order valence-corrected chi connectivity index (χ1v) is 5.31. The summed E-state index contributed by atoms with van der Waals surface area (Å²) in [6, 6.07) is 7.60. The molecule has 2 aromatic rings. The first-order chi connectivity index (χ1) is 7.08. The molecule has 0 atom stereocenters. The number of aromatic nitrogens is 1. The van der Waals surface area contributed by atoms with E-state index in [1.54, 1.807) is 0 Å². The van der Waals surface area contributed by atoms with Gasteiger partial charge in [0.15, 0.2) is 0 Å². The number of hydrogen-bond donors (Lipinski definition) is 1. The first-order valence-electron chi connectivity index (χ1n) is 4.93. The molecule has 1 aromatic heterocycles. The Morgan fingerprint density at radius 3 is 2.67 bits per heavy atom. The van der Waals surface area contributed by atoms with E-state index in [1.807, 2.05) is 24.3 Å². The number of anilines is 1. The van der Waals surface area contributed by atoms with Crippen molar-refractivity contribution in [1.82, 2.24) is 4.98 Å². The SMILES string of the molecule is CC(C)c1nc2cc(Cl)ccc2cc1N. The molecule has 2 rings (SSSR count). The standard InChI is InChI=1S/C12H13ClN2/c1-7(2)12-10(14)5-8-3-4-9(13)6-11(8)15-12/h3-7H,14H2,1-2H3. The van der Waals surface area contributed by atoms with Crippen LogP contribution in [-0.2, 0) is 0 Å². The molecule has 2 nitrogen and oxygen atoms in total. The molecule has 78 valence electrons. The normalized spacial score (nSPS) is 11.2. The number of rotatable bonds is 1. The Morgan fingerprint density at radius 2 is 2.00 bits per heavy atom. The van der Waals surface area contributed by atoms with Crippen molar-refractivity contribution in [2.45, 2.75) is 19.8 Å². The summed E-state index contributed by atoms with van der Waals surface area (Å²) in [4.78, 5) is 4.53. The maximum absolute atomic E-state index is 5.93. The van der Waals surface area contributed by atoms with Crippen LogP contribution < -0.4 is 5.73 Å². The number of pyridine rings is 1. The summed E-state index contributed by atoms with van der Waals surface area (Å²) in [5.41, 5.74) is 8.52. The van der Waals surface area contributed by atoms with Gasteiger partial charge in [0.2, 0.25) is 0 Å². The summed E-state index contributed by atoms with van der Waals surface area (Å²) in [5, 5.41) is 1.73. The van der Waals surface area contributed by atoms with Crippen molar-refractivity contribution in [1.29, 1.82) is 0 Å². The molecule has 0 spiro atoms. The first kappa shape index (κ1) is 10.2. The second-order valence-corrected chi connectivity index (χ2v) is 4.39. The topological polar surface area (TPSA) is 38.9 Å². The Morgan fingerprint density at radius 1 is 1.27 bits per heavy atom. The Kier molecular flexibility index (Phi) is 2.53. The number of hydrogen-bond acceptors (Lipinski definition) is 2. The summed E-state index contributed by atoms with van der Waals surface area (Å²) in [6.45, 7) is 4.16. The quantitative estimate of drug-likeness (QED) is 0.798. The number of fused-ring (bicyclic) bond motifs is 1. The van der Waals surface area contributed by atoms with Gasteiger partial charge in [-0.3, -0.25) is 4.98 Å². The fraction of sp³-hybridized carbons (Fsp3) is 0.250. The van der Waals surface area contributed by atoms with Crippen LogP contribution in [0.3, 0.4) is 0 Å². The highest BCUT2D eigenvalue weighted by atomic mass is 35.5. The van der Waals surface area contributed by atoms with Crippen LogP contribution >= 0.6 is 11.6 Å². The molecule has 0 radical (unpaired) electrons. The maximum Gasteiger partial charge on any atom is 0.0721 e. The van der Waals surface area contributed by atoms with Crippen molar-refractivity contribution >= 4 is 28.2 Å². The molecule has 0 saturated heterocycles. The van der Waals surface area contributed by atoms with E-state index >= 15 is 0 Å². The third-order valence-corrected chi connectivity index (χ3v) is 2.62. The predicted molar refractivity (Wildman–Crippen MR) is 65.3 cm³/mol. The highest BCUT2D eigenvalue weighted by Crippen LogP contribution is 2.25. The molecule has 0 aliphatic carbocycles. The summed E-state index contributed by atoms with van der Waals surface area (Å²) in [7, 11) is 0. The van der Waals surface area contributed by atoms with Crippen LogP contribution in [0.1, 0.15) is 25.5 Å². The van der Waals surface area contributed by atoms with E-state index in [4.69, 9.17) is 17.3 Å². The molecule has 3 heteroatoms. The third kappa shape index (κ3) is 1.90. The van der Waals surface area contributed by atoms with Gasteiger partial charge in [0.05, 0.1) is 16.9 Å². The van der Waals surface area contributed by atoms with Crippen molar-refractivity contribution in [2.75, 3.05) is 5.73 Å². The highest BCUT2D eigenvalue weighted by Gasteiger charge is 2.07. The average Bonchev–Trinajstić information content (AvgIpc) is 2.17. The van der Waals surface area contributed by atoms with Gasteiger partial charge >= 0.3 is 0 Å². The van der Waals surface area contributed by atoms with Gasteiger partial charge in [-0.25, -0.2) is 0 Å². The van der Waals surface area contributed by atoms with Gasteiger partial charge < -0.3 is 5.73 Å². The summed E-state index contributed by atoms with van der Waals surface area (Å²) in [6.07, 6.45) is 0. The van der Waals surface area contributed by atoms with E-state index in [-0.39, 0.29) is 0 Å². The average molecular weight is 221 g/mol. The van der Waals surface area contributed by atoms with Gasteiger partial charge in [0.1, 0.15) is 0 Å². The summed E-state index contributed by atoms with van der Waals surface area (Å²) < 4.78 is 0. The van der Waals surface area contributed by atoms with Crippen molar-refractivity contribution in [3.05, 3.63) is 35.0 Å². The lowest BCUT2D eigenvalue weighted by molar-refractivity contribution is 0.834. The molecular weight excluding hydrogens is 208 g/mol. The molecule has 0 aliphatic heterocycles. The molecule has 15 heavy (non-hydrogen) atoms. The number of nitrogens with zero attached hydrogens (tertiary/aromatic N) is 1. The minimum atomic E-state index is 0.327. The molecule has 0 fully saturated rings. The van der Waals surface area contributed by atoms with Crippen LogP contribution in [0.5, 0.6) is 0 Å². The fourth-order valence-corrected chi connectivity index (χ4v) is 1.80. The second kappa shape index (κ2) is 3.70. The van der Waals surface area contributed by atoms with Crippen LogP contribution in [0.4, 0.5) is 5.69 Å². The Balaban J connectivity index is 2.72. The van der Waals surface area contributed by atoms with Gasteiger partial charge in [-0.05, 0) is 24.1 Å². The molecule has 1 aromatic carbocycles. The van der Waals surface area contributed by atoms with Gasteiger partial charge in [-0.1, -0.05) is 31.5 Å². The molecular formula is C12H13ClN2. The Labute approximate surface area is 94.1 Å². The number of benzene rings is 1. The third-order valence-electron chi connectivity index (χ3n) is 2.39. The van der Waals surface area contributed by atoms with Gasteiger partial charge in [-0.15, -0.1) is 0 Å². The number of nitrogens with two attached hydrogens (primary N) is 1. The zero-order valence-electron chi connectivity index (χ0n) is 8.79. The van der Waals surface area contributed by atoms with Crippen molar-refractivity contribution in [3.63, 3.8) is 0 Å². The van der Waals surface area contributed by atoms with E-state index in [9.17, 15) is 0 Å². The second-order valence-electron chi connectivity index (χ2n) is 3.95. The number of nitrogen functional groups attached to an aromatic ring is 1. The maximum atomic E-state index is 5.93. The van der Waals surface area contributed by atoms with E-state index in [0.717, 1.165) is 22.3 Å². The molecule has 0 saturated carbocycles. The molecule has 2 N–H and O–H groups in total. The predicted octanol–water partition coefficient (Wildman–Crippen LogP) is 3.59. The van der Waals surface area contributed by atoms with Gasteiger partial charge in [0, 0.05) is 10.4 Å².